The van der Waals surface area contributed by atoms with Gasteiger partial charge in [-0.05, 0) is 51.3 Å². The molecule has 0 saturated heterocycles. The lowest BCUT2D eigenvalue weighted by Crippen LogP contribution is -2.42. The highest BCUT2D eigenvalue weighted by Gasteiger charge is 2.44. The molecular weight excluding hydrogens is 391 g/mol. The molecule has 156 valence electrons. The molecule has 0 radical (unpaired) electrons. The van der Waals surface area contributed by atoms with Crippen molar-refractivity contribution in [1.82, 2.24) is 15.6 Å². The van der Waals surface area contributed by atoms with Gasteiger partial charge in [-0.3, -0.25) is 4.99 Å². The van der Waals surface area contributed by atoms with E-state index in [1.165, 1.54) is 23.5 Å². The first kappa shape index (κ1) is 21.2. The summed E-state index contributed by atoms with van der Waals surface area (Å²) in [5.41, 5.74) is 1.85. The van der Waals surface area contributed by atoms with Gasteiger partial charge in [-0.1, -0.05) is 12.1 Å². The SMILES string of the molecule is CCOC(=O)c1sc(C(C)NC(=NC)NCC2(c3ccc(F)cc3)CC2)nc1C. The first-order chi connectivity index (χ1) is 13.9. The van der Waals surface area contributed by atoms with Gasteiger partial charge in [0.05, 0.1) is 18.3 Å². The zero-order valence-corrected chi connectivity index (χ0v) is 18.0. The first-order valence-electron chi connectivity index (χ1n) is 9.76. The fraction of sp³-hybridized carbons (Fsp3) is 0.476. The topological polar surface area (TPSA) is 75.6 Å². The number of aryl methyl sites for hydroxylation is 1. The van der Waals surface area contributed by atoms with Crippen molar-refractivity contribution in [1.29, 1.82) is 0 Å². The minimum absolute atomic E-state index is 0.0312. The molecule has 3 rings (SSSR count). The Balaban J connectivity index is 1.61. The van der Waals surface area contributed by atoms with Crippen molar-refractivity contribution < 1.29 is 13.9 Å². The van der Waals surface area contributed by atoms with Gasteiger partial charge in [0, 0.05) is 19.0 Å². The van der Waals surface area contributed by atoms with Crippen LogP contribution in [-0.2, 0) is 10.2 Å². The Kier molecular flexibility index (Phi) is 6.52. The van der Waals surface area contributed by atoms with E-state index >= 15 is 0 Å². The van der Waals surface area contributed by atoms with E-state index in [0.29, 0.717) is 23.1 Å². The Hall–Kier alpha value is -2.48. The summed E-state index contributed by atoms with van der Waals surface area (Å²) in [6.45, 7) is 6.63. The van der Waals surface area contributed by atoms with Crippen LogP contribution < -0.4 is 10.6 Å². The normalized spacial score (nSPS) is 16.2. The van der Waals surface area contributed by atoms with E-state index in [1.54, 1.807) is 14.0 Å². The number of nitrogens with one attached hydrogen (secondary N) is 2. The van der Waals surface area contributed by atoms with Crippen LogP contribution in [0.4, 0.5) is 4.39 Å². The number of carbonyl (C=O) groups excluding carboxylic acids is 1. The van der Waals surface area contributed by atoms with Crippen molar-refractivity contribution in [3.8, 4) is 0 Å². The number of hydrogen-bond donors (Lipinski definition) is 2. The molecule has 1 aromatic carbocycles. The summed E-state index contributed by atoms with van der Waals surface area (Å²) in [4.78, 5) is 21.4. The Morgan fingerprint density at radius 2 is 2.07 bits per heavy atom. The van der Waals surface area contributed by atoms with Gasteiger partial charge in [0.15, 0.2) is 5.96 Å². The summed E-state index contributed by atoms with van der Waals surface area (Å²) in [5.74, 6) is 0.111. The lowest BCUT2D eigenvalue weighted by molar-refractivity contribution is 0.0531. The van der Waals surface area contributed by atoms with Gasteiger partial charge in [0.25, 0.3) is 0 Å². The molecular formula is C21H27FN4O2S. The Morgan fingerprint density at radius 1 is 1.38 bits per heavy atom. The van der Waals surface area contributed by atoms with Gasteiger partial charge in [-0.15, -0.1) is 11.3 Å². The fourth-order valence-corrected chi connectivity index (χ4v) is 4.19. The number of benzene rings is 1. The van der Waals surface area contributed by atoms with Crippen molar-refractivity contribution in [2.45, 2.75) is 45.1 Å². The summed E-state index contributed by atoms with van der Waals surface area (Å²) < 4.78 is 18.3. The zero-order chi connectivity index (χ0) is 21.0. The van der Waals surface area contributed by atoms with Crippen LogP contribution in [-0.4, -0.2) is 37.1 Å². The van der Waals surface area contributed by atoms with Gasteiger partial charge in [0.2, 0.25) is 0 Å². The van der Waals surface area contributed by atoms with Gasteiger partial charge in [-0.25, -0.2) is 14.2 Å². The van der Waals surface area contributed by atoms with Crippen molar-refractivity contribution in [3.05, 3.63) is 51.2 Å². The molecule has 2 N–H and O–H groups in total. The third-order valence-electron chi connectivity index (χ3n) is 5.13. The van der Waals surface area contributed by atoms with E-state index in [-0.39, 0.29) is 23.2 Å². The molecule has 1 heterocycles. The Bertz CT molecular complexity index is 891. The van der Waals surface area contributed by atoms with Gasteiger partial charge in [-0.2, -0.15) is 0 Å². The lowest BCUT2D eigenvalue weighted by atomic mass is 9.96. The summed E-state index contributed by atoms with van der Waals surface area (Å²) in [6, 6.07) is 6.62. The van der Waals surface area contributed by atoms with Gasteiger partial charge < -0.3 is 15.4 Å². The predicted molar refractivity (Wildman–Crippen MR) is 113 cm³/mol. The summed E-state index contributed by atoms with van der Waals surface area (Å²) >= 11 is 1.34. The van der Waals surface area contributed by atoms with Crippen LogP contribution in [0.1, 0.15) is 58.7 Å². The molecule has 29 heavy (non-hydrogen) atoms. The molecule has 2 aromatic rings. The standard InChI is InChI=1S/C21H27FN4O2S/c1-5-28-19(27)17-13(2)25-18(29-17)14(3)26-20(23-4)24-12-21(10-11-21)15-6-8-16(22)9-7-15/h6-9,14H,5,10-12H2,1-4H3,(H2,23,24,26). The number of thiazole rings is 1. The van der Waals surface area contributed by atoms with E-state index in [9.17, 15) is 9.18 Å². The second-order valence-electron chi connectivity index (χ2n) is 7.27. The maximum atomic E-state index is 13.2. The molecule has 1 atom stereocenters. The lowest BCUT2D eigenvalue weighted by Gasteiger charge is -2.21. The first-order valence-corrected chi connectivity index (χ1v) is 10.6. The molecule has 6 nitrogen and oxygen atoms in total. The van der Waals surface area contributed by atoms with E-state index < -0.39 is 0 Å². The molecule has 0 bridgehead atoms. The maximum absolute atomic E-state index is 13.2. The van der Waals surface area contributed by atoms with Crippen LogP contribution >= 0.6 is 11.3 Å². The van der Waals surface area contributed by atoms with Crippen molar-refractivity contribution in [2.24, 2.45) is 4.99 Å². The largest absolute Gasteiger partial charge is 0.462 e. The van der Waals surface area contributed by atoms with Gasteiger partial charge >= 0.3 is 5.97 Å². The molecule has 1 fully saturated rings. The average molecular weight is 419 g/mol. The van der Waals surface area contributed by atoms with Crippen LogP contribution in [0.15, 0.2) is 29.3 Å². The van der Waals surface area contributed by atoms with Crippen molar-refractivity contribution >= 4 is 23.3 Å². The Morgan fingerprint density at radius 3 is 2.66 bits per heavy atom. The smallest absolute Gasteiger partial charge is 0.350 e. The van der Waals surface area contributed by atoms with Crippen LogP contribution in [0.25, 0.3) is 0 Å². The predicted octanol–water partition coefficient (Wildman–Crippen LogP) is 3.73. The number of nitrogens with zero attached hydrogens (tertiary/aromatic N) is 2. The molecule has 1 unspecified atom stereocenters. The van der Waals surface area contributed by atoms with E-state index in [2.05, 4.69) is 20.6 Å². The Labute approximate surface area is 174 Å². The summed E-state index contributed by atoms with van der Waals surface area (Å²) in [6.07, 6.45) is 2.12. The number of aromatic nitrogens is 1. The van der Waals surface area contributed by atoms with Crippen LogP contribution in [0.5, 0.6) is 0 Å². The number of carbonyl (C=O) groups is 1. The minimum Gasteiger partial charge on any atom is -0.462 e. The number of esters is 1. The number of ether oxygens (including phenoxy) is 1. The third kappa shape index (κ3) is 4.93. The molecule has 0 amide bonds. The molecule has 1 aliphatic rings. The highest BCUT2D eigenvalue weighted by Crippen LogP contribution is 2.47. The third-order valence-corrected chi connectivity index (χ3v) is 6.45. The maximum Gasteiger partial charge on any atom is 0.350 e. The number of rotatable bonds is 7. The van der Waals surface area contributed by atoms with Crippen LogP contribution in [0.2, 0.25) is 0 Å². The van der Waals surface area contributed by atoms with Crippen LogP contribution in [0.3, 0.4) is 0 Å². The highest BCUT2D eigenvalue weighted by molar-refractivity contribution is 7.13. The fourth-order valence-electron chi connectivity index (χ4n) is 3.22. The number of guanidine groups is 1. The number of aliphatic imine (C=N–C) groups is 1. The van der Waals surface area contributed by atoms with Gasteiger partial charge in [0.1, 0.15) is 15.7 Å². The quantitative estimate of drug-likeness (QED) is 0.407. The number of hydrogen-bond acceptors (Lipinski definition) is 5. The zero-order valence-electron chi connectivity index (χ0n) is 17.2. The second-order valence-corrected chi connectivity index (χ2v) is 8.30. The average Bonchev–Trinajstić information content (AvgIpc) is 3.39. The number of halogens is 1. The summed E-state index contributed by atoms with van der Waals surface area (Å²) in [5, 5.41) is 7.51. The molecule has 0 aliphatic heterocycles. The monoisotopic (exact) mass is 418 g/mol. The molecule has 1 aliphatic carbocycles. The van der Waals surface area contributed by atoms with E-state index in [4.69, 9.17) is 4.74 Å². The molecule has 1 aromatic heterocycles. The van der Waals surface area contributed by atoms with Crippen molar-refractivity contribution in [3.63, 3.8) is 0 Å². The van der Waals surface area contributed by atoms with E-state index in [0.717, 1.165) is 30.0 Å². The summed E-state index contributed by atoms with van der Waals surface area (Å²) in [7, 11) is 1.72. The molecule has 0 spiro atoms. The second kappa shape index (κ2) is 8.90. The molecule has 1 saturated carbocycles. The highest BCUT2D eigenvalue weighted by atomic mass is 32.1. The van der Waals surface area contributed by atoms with E-state index in [1.807, 2.05) is 26.0 Å². The minimum atomic E-state index is -0.335. The molecule has 8 heteroatoms. The van der Waals surface area contributed by atoms with Crippen molar-refractivity contribution in [2.75, 3.05) is 20.2 Å². The van der Waals surface area contributed by atoms with Crippen LogP contribution in [0, 0.1) is 12.7 Å².